The molecule has 0 radical (unpaired) electrons. The number of aromatic nitrogens is 1. The van der Waals surface area contributed by atoms with Crippen LogP contribution in [0.1, 0.15) is 30.6 Å². The minimum absolute atomic E-state index is 0.0330. The molecule has 1 heterocycles. The highest BCUT2D eigenvalue weighted by Gasteiger charge is 2.24. The van der Waals surface area contributed by atoms with E-state index in [-0.39, 0.29) is 29.3 Å². The first-order valence-electron chi connectivity index (χ1n) is 5.56. The van der Waals surface area contributed by atoms with E-state index >= 15 is 0 Å². The Kier molecular flexibility index (Phi) is 5.70. The molecule has 2 N–H and O–H groups in total. The lowest BCUT2D eigenvalue weighted by atomic mass is 10.0. The Morgan fingerprint density at radius 1 is 1.63 bits per heavy atom. The van der Waals surface area contributed by atoms with E-state index < -0.39 is 18.2 Å². The molecule has 0 saturated carbocycles. The van der Waals surface area contributed by atoms with Gasteiger partial charge in [-0.15, -0.1) is 0 Å². The molecule has 0 fully saturated rings. The zero-order valence-electron chi connectivity index (χ0n) is 10.2. The van der Waals surface area contributed by atoms with Gasteiger partial charge in [-0.05, 0) is 13.0 Å². The van der Waals surface area contributed by atoms with Gasteiger partial charge >= 0.3 is 5.97 Å². The smallest absolute Gasteiger partial charge is 0.308 e. The van der Waals surface area contributed by atoms with Gasteiger partial charge in [0.05, 0.1) is 24.7 Å². The SMILES string of the molecule is CCOC(=O)CC(O)C(O)c1cc(C#N)cnc1Cl. The summed E-state index contributed by atoms with van der Waals surface area (Å²) in [6, 6.07) is 3.16. The van der Waals surface area contributed by atoms with Crippen LogP contribution in [0.3, 0.4) is 0 Å². The van der Waals surface area contributed by atoms with Crippen LogP contribution in [-0.4, -0.2) is 33.9 Å². The minimum Gasteiger partial charge on any atom is -0.466 e. The van der Waals surface area contributed by atoms with Crippen molar-refractivity contribution in [2.24, 2.45) is 0 Å². The number of ether oxygens (including phenoxy) is 1. The van der Waals surface area contributed by atoms with E-state index in [2.05, 4.69) is 9.72 Å². The lowest BCUT2D eigenvalue weighted by molar-refractivity contribution is -0.147. The number of carbonyl (C=O) groups is 1. The Hall–Kier alpha value is -1.68. The van der Waals surface area contributed by atoms with Gasteiger partial charge in [-0.2, -0.15) is 5.26 Å². The Labute approximate surface area is 115 Å². The summed E-state index contributed by atoms with van der Waals surface area (Å²) < 4.78 is 4.66. The second kappa shape index (κ2) is 7.04. The second-order valence-electron chi connectivity index (χ2n) is 3.74. The Morgan fingerprint density at radius 3 is 2.89 bits per heavy atom. The number of carbonyl (C=O) groups excluding carboxylic acids is 1. The van der Waals surface area contributed by atoms with Gasteiger partial charge in [0.1, 0.15) is 17.3 Å². The average Bonchev–Trinajstić information content (AvgIpc) is 2.38. The van der Waals surface area contributed by atoms with Crippen molar-refractivity contribution in [1.29, 1.82) is 5.26 Å². The van der Waals surface area contributed by atoms with Crippen LogP contribution in [0.15, 0.2) is 12.3 Å². The largest absolute Gasteiger partial charge is 0.466 e. The third-order valence-corrected chi connectivity index (χ3v) is 2.68. The molecule has 2 atom stereocenters. The first-order chi connectivity index (χ1) is 8.99. The maximum Gasteiger partial charge on any atom is 0.308 e. The third kappa shape index (κ3) is 4.17. The first-order valence-corrected chi connectivity index (χ1v) is 5.94. The van der Waals surface area contributed by atoms with Crippen molar-refractivity contribution in [1.82, 2.24) is 4.98 Å². The van der Waals surface area contributed by atoms with Gasteiger partial charge in [0.2, 0.25) is 0 Å². The summed E-state index contributed by atoms with van der Waals surface area (Å²) in [6.07, 6.45) is -1.93. The van der Waals surface area contributed by atoms with Crippen LogP contribution in [0.4, 0.5) is 0 Å². The van der Waals surface area contributed by atoms with Crippen LogP contribution in [0.2, 0.25) is 5.15 Å². The van der Waals surface area contributed by atoms with Gasteiger partial charge < -0.3 is 14.9 Å². The van der Waals surface area contributed by atoms with Crippen LogP contribution in [0, 0.1) is 11.3 Å². The van der Waals surface area contributed by atoms with Gasteiger partial charge in [-0.1, -0.05) is 11.6 Å². The van der Waals surface area contributed by atoms with Crippen molar-refractivity contribution in [2.75, 3.05) is 6.61 Å². The molecule has 0 aliphatic heterocycles. The highest BCUT2D eigenvalue weighted by molar-refractivity contribution is 6.30. The number of nitriles is 1. The van der Waals surface area contributed by atoms with Crippen molar-refractivity contribution in [3.63, 3.8) is 0 Å². The van der Waals surface area contributed by atoms with E-state index in [1.54, 1.807) is 6.92 Å². The summed E-state index contributed by atoms with van der Waals surface area (Å²) in [7, 11) is 0. The van der Waals surface area contributed by atoms with Crippen molar-refractivity contribution in [2.45, 2.75) is 25.6 Å². The molecule has 0 aliphatic carbocycles. The van der Waals surface area contributed by atoms with Crippen molar-refractivity contribution >= 4 is 17.6 Å². The van der Waals surface area contributed by atoms with Gasteiger partial charge in [-0.25, -0.2) is 4.98 Å². The van der Waals surface area contributed by atoms with E-state index in [1.165, 1.54) is 12.3 Å². The normalized spacial score (nSPS) is 13.4. The van der Waals surface area contributed by atoms with Gasteiger partial charge in [0.15, 0.2) is 0 Å². The molecule has 1 aromatic rings. The Morgan fingerprint density at radius 2 is 2.32 bits per heavy atom. The molecule has 0 saturated heterocycles. The molecular formula is C12H13ClN2O4. The summed E-state index contributed by atoms with van der Waals surface area (Å²) >= 11 is 5.78. The van der Waals surface area contributed by atoms with Crippen LogP contribution >= 0.6 is 11.6 Å². The molecule has 0 amide bonds. The number of aliphatic hydroxyl groups excluding tert-OH is 2. The summed E-state index contributed by atoms with van der Waals surface area (Å²) in [5.41, 5.74) is 0.291. The predicted molar refractivity (Wildman–Crippen MR) is 66.2 cm³/mol. The lowest BCUT2D eigenvalue weighted by Crippen LogP contribution is -2.23. The minimum atomic E-state index is -1.42. The van der Waals surface area contributed by atoms with E-state index in [4.69, 9.17) is 16.9 Å². The number of esters is 1. The summed E-state index contributed by atoms with van der Waals surface area (Å²) in [5.74, 6) is -0.630. The fraction of sp³-hybridized carbons (Fsp3) is 0.417. The first kappa shape index (κ1) is 15.4. The summed E-state index contributed by atoms with van der Waals surface area (Å²) in [4.78, 5) is 14.9. The maximum absolute atomic E-state index is 11.2. The van der Waals surface area contributed by atoms with E-state index in [0.717, 1.165) is 0 Å². The number of hydrogen-bond acceptors (Lipinski definition) is 6. The van der Waals surface area contributed by atoms with Crippen molar-refractivity contribution < 1.29 is 19.7 Å². The van der Waals surface area contributed by atoms with Gasteiger partial charge in [0.25, 0.3) is 0 Å². The standard InChI is InChI=1S/C12H13ClN2O4/c1-2-19-10(17)4-9(16)11(18)8-3-7(5-14)6-15-12(8)13/h3,6,9,11,16,18H,2,4H2,1H3. The Bertz CT molecular complexity index is 501. The number of halogens is 1. The fourth-order valence-corrected chi connectivity index (χ4v) is 1.66. The molecule has 0 aliphatic rings. The molecule has 19 heavy (non-hydrogen) atoms. The fourth-order valence-electron chi connectivity index (χ4n) is 1.44. The number of nitrogens with zero attached hydrogens (tertiary/aromatic N) is 2. The number of hydrogen-bond donors (Lipinski definition) is 2. The zero-order valence-corrected chi connectivity index (χ0v) is 11.0. The molecule has 1 rings (SSSR count). The average molecular weight is 285 g/mol. The summed E-state index contributed by atoms with van der Waals surface area (Å²) in [5, 5.41) is 28.4. The van der Waals surface area contributed by atoms with Gasteiger partial charge in [0, 0.05) is 11.8 Å². The van der Waals surface area contributed by atoms with Gasteiger partial charge in [-0.3, -0.25) is 4.79 Å². The van der Waals surface area contributed by atoms with Crippen LogP contribution in [0.5, 0.6) is 0 Å². The van der Waals surface area contributed by atoms with Crippen LogP contribution < -0.4 is 0 Å². The number of pyridine rings is 1. The monoisotopic (exact) mass is 284 g/mol. The highest BCUT2D eigenvalue weighted by Crippen LogP contribution is 2.25. The Balaban J connectivity index is 2.84. The predicted octanol–water partition coefficient (Wildman–Crippen LogP) is 0.954. The number of aliphatic hydroxyl groups is 2. The van der Waals surface area contributed by atoms with Crippen molar-refractivity contribution in [3.8, 4) is 6.07 Å². The van der Waals surface area contributed by atoms with Crippen LogP contribution in [0.25, 0.3) is 0 Å². The molecule has 0 spiro atoms. The third-order valence-electron chi connectivity index (χ3n) is 2.36. The zero-order chi connectivity index (χ0) is 14.4. The highest BCUT2D eigenvalue weighted by atomic mass is 35.5. The molecule has 1 aromatic heterocycles. The molecule has 102 valence electrons. The number of rotatable bonds is 5. The lowest BCUT2D eigenvalue weighted by Gasteiger charge is -2.18. The van der Waals surface area contributed by atoms with Crippen molar-refractivity contribution in [3.05, 3.63) is 28.5 Å². The van der Waals surface area contributed by atoms with E-state index in [1.807, 2.05) is 6.07 Å². The van der Waals surface area contributed by atoms with E-state index in [9.17, 15) is 15.0 Å². The molecule has 0 bridgehead atoms. The molecule has 6 nitrogen and oxygen atoms in total. The van der Waals surface area contributed by atoms with E-state index in [0.29, 0.717) is 0 Å². The quantitative estimate of drug-likeness (QED) is 0.616. The second-order valence-corrected chi connectivity index (χ2v) is 4.10. The molecule has 0 aromatic carbocycles. The molecular weight excluding hydrogens is 272 g/mol. The molecule has 2 unspecified atom stereocenters. The summed E-state index contributed by atoms with van der Waals surface area (Å²) in [6.45, 7) is 1.83. The maximum atomic E-state index is 11.2. The van der Waals surface area contributed by atoms with Crippen LogP contribution in [-0.2, 0) is 9.53 Å². The molecule has 7 heteroatoms. The topological polar surface area (TPSA) is 103 Å².